The van der Waals surface area contributed by atoms with E-state index in [4.69, 9.17) is 20.9 Å². The van der Waals surface area contributed by atoms with Gasteiger partial charge in [-0.1, -0.05) is 84.4 Å². The summed E-state index contributed by atoms with van der Waals surface area (Å²) < 4.78 is 52.4. The van der Waals surface area contributed by atoms with Crippen molar-refractivity contribution in [2.24, 2.45) is 0 Å². The van der Waals surface area contributed by atoms with Crippen molar-refractivity contribution in [3.8, 4) is 5.88 Å². The van der Waals surface area contributed by atoms with Crippen molar-refractivity contribution in [1.29, 1.82) is 0 Å². The summed E-state index contributed by atoms with van der Waals surface area (Å²) in [4.78, 5) is 4.54. The molecule has 9 heteroatoms. The van der Waals surface area contributed by atoms with Gasteiger partial charge in [0, 0.05) is 56.7 Å². The van der Waals surface area contributed by atoms with E-state index in [9.17, 15) is 13.2 Å². The van der Waals surface area contributed by atoms with Crippen LogP contribution in [0.1, 0.15) is 68.0 Å². The second kappa shape index (κ2) is 16.3. The molecule has 4 rings (SSSR count). The Kier molecular flexibility index (Phi) is 12.5. The van der Waals surface area contributed by atoms with Gasteiger partial charge in [0.25, 0.3) is 5.88 Å². The van der Waals surface area contributed by atoms with Crippen molar-refractivity contribution in [2.45, 2.75) is 71.3 Å². The largest absolute Gasteiger partial charge is 0.475 e. The van der Waals surface area contributed by atoms with E-state index in [1.54, 1.807) is 6.07 Å². The highest BCUT2D eigenvalue weighted by Gasteiger charge is 2.34. The Labute approximate surface area is 269 Å². The summed E-state index contributed by atoms with van der Waals surface area (Å²) in [5, 5.41) is 3.83. The quantitative estimate of drug-likeness (QED) is 0.114. The highest BCUT2D eigenvalue weighted by molar-refractivity contribution is 6.32. The summed E-state index contributed by atoms with van der Waals surface area (Å²) in [6.07, 6.45) is -3.16. The molecule has 4 aromatic rings. The van der Waals surface area contributed by atoms with Crippen molar-refractivity contribution < 1.29 is 22.4 Å². The van der Waals surface area contributed by atoms with Gasteiger partial charge in [0.1, 0.15) is 5.76 Å². The molecule has 0 N–H and O–H groups in total. The van der Waals surface area contributed by atoms with E-state index in [0.717, 1.165) is 35.9 Å². The summed E-state index contributed by atoms with van der Waals surface area (Å²) in [5.41, 5.74) is 1.87. The maximum atomic E-state index is 13.7. The maximum absolute atomic E-state index is 13.7. The van der Waals surface area contributed by atoms with Crippen molar-refractivity contribution in [1.82, 2.24) is 15.0 Å². The van der Waals surface area contributed by atoms with Crippen molar-refractivity contribution >= 4 is 11.6 Å². The zero-order valence-corrected chi connectivity index (χ0v) is 27.2. The van der Waals surface area contributed by atoms with Crippen LogP contribution >= 0.6 is 11.6 Å². The number of ether oxygens (including phenoxy) is 1. The van der Waals surface area contributed by atoms with Gasteiger partial charge in [-0.05, 0) is 62.0 Å². The van der Waals surface area contributed by atoms with Gasteiger partial charge in [-0.15, -0.1) is 0 Å². The van der Waals surface area contributed by atoms with Crippen LogP contribution in [-0.2, 0) is 19.1 Å². The third-order valence-corrected chi connectivity index (χ3v) is 8.42. The molecule has 0 aliphatic carbocycles. The Balaban J connectivity index is 1.46. The smallest absolute Gasteiger partial charge is 0.417 e. The van der Waals surface area contributed by atoms with Crippen LogP contribution in [0.15, 0.2) is 89.5 Å². The standard InChI is InChI=1S/C36H43ClF3N3O2/c1-26(2)43(27(3)4)21-19-31-23-34(41-45-31)44-22-12-20-42(24-30-17-11-18-33(35(30)37)36(38,39)40)25-32(28-13-7-5-8-14-28)29-15-9-6-10-16-29/h5-11,13-18,23,26-27,32H,12,19-22,24-25H2,1-4H3. The molecule has 45 heavy (non-hydrogen) atoms. The minimum atomic E-state index is -4.53. The Morgan fingerprint density at radius 2 is 1.47 bits per heavy atom. The van der Waals surface area contributed by atoms with Crippen molar-refractivity contribution in [3.63, 3.8) is 0 Å². The van der Waals surface area contributed by atoms with Crippen molar-refractivity contribution in [3.05, 3.63) is 118 Å². The first-order valence-corrected chi connectivity index (χ1v) is 15.9. The molecule has 242 valence electrons. The minimum Gasteiger partial charge on any atom is -0.475 e. The fraction of sp³-hybridized carbons (Fsp3) is 0.417. The summed E-state index contributed by atoms with van der Waals surface area (Å²) in [7, 11) is 0. The van der Waals surface area contributed by atoms with E-state index in [1.807, 2.05) is 42.5 Å². The Hall–Kier alpha value is -3.33. The first kappa shape index (κ1) is 34.5. The van der Waals surface area contributed by atoms with Gasteiger partial charge in [0.15, 0.2) is 0 Å². The summed E-state index contributed by atoms with van der Waals surface area (Å²) >= 11 is 6.34. The number of aromatic nitrogens is 1. The molecule has 0 bridgehead atoms. The van der Waals surface area contributed by atoms with Gasteiger partial charge >= 0.3 is 6.18 Å². The molecular formula is C36H43ClF3N3O2. The van der Waals surface area contributed by atoms with E-state index >= 15 is 0 Å². The molecule has 0 aliphatic heterocycles. The lowest BCUT2D eigenvalue weighted by Crippen LogP contribution is -2.38. The fourth-order valence-electron chi connectivity index (χ4n) is 5.73. The lowest BCUT2D eigenvalue weighted by molar-refractivity contribution is -0.137. The minimum absolute atomic E-state index is 0.00670. The highest BCUT2D eigenvalue weighted by Crippen LogP contribution is 2.37. The first-order chi connectivity index (χ1) is 21.5. The van der Waals surface area contributed by atoms with Crippen LogP contribution in [0, 0.1) is 0 Å². The highest BCUT2D eigenvalue weighted by atomic mass is 35.5. The molecule has 0 unspecified atom stereocenters. The topological polar surface area (TPSA) is 41.7 Å². The molecule has 3 aromatic carbocycles. The molecule has 0 spiro atoms. The SMILES string of the molecule is CC(C)N(CCc1cc(OCCCN(Cc2cccc(C(F)(F)F)c2Cl)CC(c2ccccc2)c2ccccc2)no1)C(C)C. The van der Waals surface area contributed by atoms with E-state index in [-0.39, 0.29) is 17.5 Å². The lowest BCUT2D eigenvalue weighted by atomic mass is 9.90. The Morgan fingerprint density at radius 3 is 2.04 bits per heavy atom. The van der Waals surface area contributed by atoms with E-state index in [1.165, 1.54) is 6.07 Å². The second-order valence-electron chi connectivity index (χ2n) is 11.9. The molecule has 5 nitrogen and oxygen atoms in total. The second-order valence-corrected chi connectivity index (χ2v) is 12.3. The molecule has 0 amide bonds. The summed E-state index contributed by atoms with van der Waals surface area (Å²) in [6, 6.07) is 27.1. The first-order valence-electron chi connectivity index (χ1n) is 15.5. The van der Waals surface area contributed by atoms with Crippen LogP contribution in [0.4, 0.5) is 13.2 Å². The average molecular weight is 642 g/mol. The maximum Gasteiger partial charge on any atom is 0.417 e. The average Bonchev–Trinajstić information content (AvgIpc) is 3.46. The van der Waals surface area contributed by atoms with Crippen LogP contribution in [0.2, 0.25) is 5.02 Å². The molecule has 0 fully saturated rings. The number of alkyl halides is 3. The number of hydrogen-bond acceptors (Lipinski definition) is 5. The van der Waals surface area contributed by atoms with E-state index in [0.29, 0.717) is 49.6 Å². The van der Waals surface area contributed by atoms with Gasteiger partial charge in [-0.2, -0.15) is 13.2 Å². The molecule has 1 aromatic heterocycles. The van der Waals surface area contributed by atoms with Crippen LogP contribution in [0.3, 0.4) is 0 Å². The Bertz CT molecular complexity index is 1400. The van der Waals surface area contributed by atoms with E-state index < -0.39 is 11.7 Å². The Morgan fingerprint density at radius 1 is 0.844 bits per heavy atom. The van der Waals surface area contributed by atoms with Gasteiger partial charge in [-0.25, -0.2) is 0 Å². The van der Waals surface area contributed by atoms with Gasteiger partial charge < -0.3 is 9.26 Å². The molecule has 0 saturated heterocycles. The molecule has 0 aliphatic rings. The van der Waals surface area contributed by atoms with Gasteiger partial charge in [-0.3, -0.25) is 9.80 Å². The van der Waals surface area contributed by atoms with Crippen LogP contribution in [-0.4, -0.2) is 53.3 Å². The predicted molar refractivity (Wildman–Crippen MR) is 174 cm³/mol. The number of benzene rings is 3. The monoisotopic (exact) mass is 641 g/mol. The van der Waals surface area contributed by atoms with Gasteiger partial charge in [0.05, 0.1) is 17.2 Å². The molecule has 0 atom stereocenters. The third kappa shape index (κ3) is 10.1. The van der Waals surface area contributed by atoms with E-state index in [2.05, 4.69) is 66.9 Å². The van der Waals surface area contributed by atoms with Crippen LogP contribution < -0.4 is 4.74 Å². The zero-order chi connectivity index (χ0) is 32.4. The zero-order valence-electron chi connectivity index (χ0n) is 26.4. The lowest BCUT2D eigenvalue weighted by Gasteiger charge is -2.29. The molecular weight excluding hydrogens is 599 g/mol. The molecule has 1 heterocycles. The number of rotatable bonds is 16. The fourth-order valence-corrected chi connectivity index (χ4v) is 6.02. The van der Waals surface area contributed by atoms with Crippen LogP contribution in [0.5, 0.6) is 5.88 Å². The van der Waals surface area contributed by atoms with Crippen molar-refractivity contribution in [2.75, 3.05) is 26.2 Å². The predicted octanol–water partition coefficient (Wildman–Crippen LogP) is 9.11. The number of hydrogen-bond donors (Lipinski definition) is 0. The number of halogens is 4. The molecule has 0 radical (unpaired) electrons. The van der Waals surface area contributed by atoms with Crippen LogP contribution in [0.25, 0.3) is 0 Å². The van der Waals surface area contributed by atoms with Gasteiger partial charge in [0.2, 0.25) is 0 Å². The summed E-state index contributed by atoms with van der Waals surface area (Å²) in [5.74, 6) is 1.21. The molecule has 0 saturated carbocycles. The normalized spacial score (nSPS) is 12.3. The third-order valence-electron chi connectivity index (χ3n) is 7.97. The summed E-state index contributed by atoms with van der Waals surface area (Å²) in [6.45, 7) is 11.4. The number of nitrogens with zero attached hydrogens (tertiary/aromatic N) is 3.